The Hall–Kier alpha value is -0.660. The summed E-state index contributed by atoms with van der Waals surface area (Å²) in [6.07, 6.45) is 4.41. The normalized spacial score (nSPS) is 20.2. The third-order valence-electron chi connectivity index (χ3n) is 2.21. The van der Waals surface area contributed by atoms with E-state index in [-0.39, 0.29) is 5.41 Å². The molecule has 2 nitrogen and oxygen atoms in total. The average Bonchev–Trinajstić information content (AvgIpc) is 2.37. The lowest BCUT2D eigenvalue weighted by Gasteiger charge is -2.20. The van der Waals surface area contributed by atoms with Crippen molar-refractivity contribution in [2.45, 2.75) is 33.6 Å². The summed E-state index contributed by atoms with van der Waals surface area (Å²) in [6.45, 7) is 8.26. The van der Waals surface area contributed by atoms with Crippen molar-refractivity contribution in [2.75, 3.05) is 13.1 Å². The van der Waals surface area contributed by atoms with Crippen molar-refractivity contribution in [3.8, 4) is 0 Å². The Kier molecular flexibility index (Phi) is 2.65. The Morgan fingerprint density at radius 1 is 1.25 bits per heavy atom. The first-order valence-corrected chi connectivity index (χ1v) is 4.65. The highest BCUT2D eigenvalue weighted by Gasteiger charge is 2.18. The Bertz CT molecular complexity index is 173. The Morgan fingerprint density at radius 2 is 1.75 bits per heavy atom. The van der Waals surface area contributed by atoms with Gasteiger partial charge in [-0.15, -0.1) is 0 Å². The lowest BCUT2D eigenvalue weighted by atomic mass is 9.94. The molecule has 0 radical (unpaired) electrons. The topological polar surface area (TPSA) is 23.5 Å². The van der Waals surface area contributed by atoms with Crippen LogP contribution >= 0.6 is 0 Å². The molecule has 0 aromatic rings. The van der Waals surface area contributed by atoms with Crippen molar-refractivity contribution in [1.82, 2.24) is 4.90 Å². The number of hydrogen-bond donors (Lipinski definition) is 1. The molecule has 0 aromatic carbocycles. The molecule has 0 saturated carbocycles. The number of aliphatic hydroxyl groups excluding tert-OH is 1. The molecule has 1 fully saturated rings. The van der Waals surface area contributed by atoms with E-state index in [4.69, 9.17) is 0 Å². The van der Waals surface area contributed by atoms with E-state index >= 15 is 0 Å². The minimum atomic E-state index is -0.109. The van der Waals surface area contributed by atoms with Gasteiger partial charge in [0.25, 0.3) is 0 Å². The second-order valence-corrected chi connectivity index (χ2v) is 4.51. The van der Waals surface area contributed by atoms with Crippen LogP contribution in [0.1, 0.15) is 33.6 Å². The molecule has 0 aliphatic carbocycles. The first-order chi connectivity index (χ1) is 5.50. The molecule has 1 aliphatic rings. The number of aliphatic hydroxyl groups is 1. The molecule has 1 rings (SSSR count). The van der Waals surface area contributed by atoms with E-state index in [2.05, 4.69) is 4.90 Å². The highest BCUT2D eigenvalue weighted by Crippen LogP contribution is 2.23. The van der Waals surface area contributed by atoms with Crippen molar-refractivity contribution in [3.05, 3.63) is 12.0 Å². The van der Waals surface area contributed by atoms with E-state index in [0.29, 0.717) is 5.76 Å². The lowest BCUT2D eigenvalue weighted by Crippen LogP contribution is -2.17. The van der Waals surface area contributed by atoms with E-state index in [1.54, 1.807) is 0 Å². The molecule has 0 amide bonds. The molecule has 1 saturated heterocycles. The van der Waals surface area contributed by atoms with Crippen LogP contribution in [0.4, 0.5) is 0 Å². The molecular weight excluding hydrogens is 150 g/mol. The number of hydrogen-bond acceptors (Lipinski definition) is 2. The molecule has 70 valence electrons. The van der Waals surface area contributed by atoms with Crippen LogP contribution in [0, 0.1) is 5.41 Å². The Labute approximate surface area is 74.9 Å². The van der Waals surface area contributed by atoms with E-state index in [1.807, 2.05) is 27.0 Å². The Morgan fingerprint density at radius 3 is 2.17 bits per heavy atom. The molecule has 1 N–H and O–H groups in total. The third kappa shape index (κ3) is 2.43. The molecule has 0 atom stereocenters. The molecule has 1 heterocycles. The van der Waals surface area contributed by atoms with Crippen LogP contribution in [-0.4, -0.2) is 23.1 Å². The maximum Gasteiger partial charge on any atom is 0.113 e. The van der Waals surface area contributed by atoms with Crippen LogP contribution in [-0.2, 0) is 0 Å². The SMILES string of the molecule is CC(C)(C)/C(O)=C/N1CCCC1. The largest absolute Gasteiger partial charge is 0.510 e. The van der Waals surface area contributed by atoms with Crippen molar-refractivity contribution < 1.29 is 5.11 Å². The molecule has 0 aromatic heterocycles. The summed E-state index contributed by atoms with van der Waals surface area (Å²) in [7, 11) is 0. The molecule has 12 heavy (non-hydrogen) atoms. The predicted octanol–water partition coefficient (Wildman–Crippen LogP) is 2.53. The Balaban J connectivity index is 2.55. The highest BCUT2D eigenvalue weighted by molar-refractivity contribution is 5.01. The summed E-state index contributed by atoms with van der Waals surface area (Å²) >= 11 is 0. The van der Waals surface area contributed by atoms with Gasteiger partial charge in [0.15, 0.2) is 0 Å². The fourth-order valence-corrected chi connectivity index (χ4v) is 1.24. The lowest BCUT2D eigenvalue weighted by molar-refractivity contribution is 0.260. The first kappa shape index (κ1) is 9.43. The quantitative estimate of drug-likeness (QED) is 0.610. The van der Waals surface area contributed by atoms with E-state index in [9.17, 15) is 5.11 Å². The monoisotopic (exact) mass is 169 g/mol. The molecule has 0 bridgehead atoms. The number of nitrogens with zero attached hydrogens (tertiary/aromatic N) is 1. The summed E-state index contributed by atoms with van der Waals surface area (Å²) in [4.78, 5) is 2.20. The molecule has 2 heteroatoms. The van der Waals surface area contributed by atoms with Gasteiger partial charge in [-0.2, -0.15) is 0 Å². The van der Waals surface area contributed by atoms with Crippen molar-refractivity contribution in [1.29, 1.82) is 0 Å². The zero-order valence-corrected chi connectivity index (χ0v) is 8.30. The van der Waals surface area contributed by atoms with Crippen LogP contribution in [0.2, 0.25) is 0 Å². The maximum absolute atomic E-state index is 9.67. The number of allylic oxidation sites excluding steroid dienone is 1. The van der Waals surface area contributed by atoms with E-state index < -0.39 is 0 Å². The second kappa shape index (κ2) is 3.38. The van der Waals surface area contributed by atoms with Gasteiger partial charge in [0.05, 0.1) is 0 Å². The number of likely N-dealkylation sites (tertiary alicyclic amines) is 1. The van der Waals surface area contributed by atoms with E-state index in [0.717, 1.165) is 13.1 Å². The van der Waals surface area contributed by atoms with Crippen LogP contribution in [0.25, 0.3) is 0 Å². The molecule has 1 aliphatic heterocycles. The summed E-state index contributed by atoms with van der Waals surface area (Å²) in [5, 5.41) is 9.67. The molecular formula is C10H19NO. The zero-order chi connectivity index (χ0) is 9.19. The van der Waals surface area contributed by atoms with Gasteiger partial charge in [0.1, 0.15) is 5.76 Å². The molecule has 0 spiro atoms. The van der Waals surface area contributed by atoms with Gasteiger partial charge < -0.3 is 10.0 Å². The van der Waals surface area contributed by atoms with Crippen LogP contribution in [0.15, 0.2) is 12.0 Å². The number of rotatable bonds is 1. The van der Waals surface area contributed by atoms with Crippen molar-refractivity contribution >= 4 is 0 Å². The minimum absolute atomic E-state index is 0.109. The minimum Gasteiger partial charge on any atom is -0.510 e. The average molecular weight is 169 g/mol. The van der Waals surface area contributed by atoms with Crippen LogP contribution in [0.3, 0.4) is 0 Å². The first-order valence-electron chi connectivity index (χ1n) is 4.65. The smallest absolute Gasteiger partial charge is 0.113 e. The van der Waals surface area contributed by atoms with Gasteiger partial charge in [0, 0.05) is 24.7 Å². The van der Waals surface area contributed by atoms with Gasteiger partial charge >= 0.3 is 0 Å². The maximum atomic E-state index is 9.67. The van der Waals surface area contributed by atoms with Crippen molar-refractivity contribution in [3.63, 3.8) is 0 Å². The van der Waals surface area contributed by atoms with Gasteiger partial charge in [-0.25, -0.2) is 0 Å². The second-order valence-electron chi connectivity index (χ2n) is 4.51. The summed E-state index contributed by atoms with van der Waals surface area (Å²) < 4.78 is 0. The van der Waals surface area contributed by atoms with Gasteiger partial charge in [-0.05, 0) is 12.8 Å². The zero-order valence-electron chi connectivity index (χ0n) is 8.30. The van der Waals surface area contributed by atoms with Crippen LogP contribution < -0.4 is 0 Å². The predicted molar refractivity (Wildman–Crippen MR) is 51.0 cm³/mol. The highest BCUT2D eigenvalue weighted by atomic mass is 16.3. The third-order valence-corrected chi connectivity index (χ3v) is 2.21. The van der Waals surface area contributed by atoms with Gasteiger partial charge in [-0.1, -0.05) is 20.8 Å². The summed E-state index contributed by atoms with van der Waals surface area (Å²) in [5.41, 5.74) is -0.109. The van der Waals surface area contributed by atoms with Gasteiger partial charge in [0.2, 0.25) is 0 Å². The summed E-state index contributed by atoms with van der Waals surface area (Å²) in [6, 6.07) is 0. The van der Waals surface area contributed by atoms with E-state index in [1.165, 1.54) is 12.8 Å². The van der Waals surface area contributed by atoms with Crippen molar-refractivity contribution in [2.24, 2.45) is 5.41 Å². The summed E-state index contributed by atoms with van der Waals surface area (Å²) in [5.74, 6) is 0.490. The fraction of sp³-hybridized carbons (Fsp3) is 0.800. The molecule has 0 unspecified atom stereocenters. The van der Waals surface area contributed by atoms with Gasteiger partial charge in [-0.3, -0.25) is 0 Å². The van der Waals surface area contributed by atoms with Crippen LogP contribution in [0.5, 0.6) is 0 Å². The standard InChI is InChI=1S/C10H19NO/c1-10(2,3)9(12)8-11-6-4-5-7-11/h8,12H,4-7H2,1-3H3/b9-8-. The fourth-order valence-electron chi connectivity index (χ4n) is 1.24.